The summed E-state index contributed by atoms with van der Waals surface area (Å²) in [4.78, 5) is 0. The predicted octanol–water partition coefficient (Wildman–Crippen LogP) is 1.11. The average molecular weight is 156 g/mol. The summed E-state index contributed by atoms with van der Waals surface area (Å²) < 4.78 is 0. The van der Waals surface area contributed by atoms with E-state index in [1.165, 1.54) is 19.3 Å². The number of hydrogen-bond acceptors (Lipinski definition) is 2. The van der Waals surface area contributed by atoms with Gasteiger partial charge >= 0.3 is 0 Å². The molecule has 1 fully saturated rings. The molecular weight excluding hydrogens is 136 g/mol. The van der Waals surface area contributed by atoms with E-state index >= 15 is 0 Å². The Labute approximate surface area is 69.5 Å². The Kier molecular flexibility index (Phi) is 3.34. The largest absolute Gasteiger partial charge is 0.328 e. The van der Waals surface area contributed by atoms with E-state index in [1.54, 1.807) is 0 Å². The maximum absolute atomic E-state index is 5.88. The molecule has 1 aliphatic carbocycles. The Morgan fingerprint density at radius 3 is 2.73 bits per heavy atom. The highest BCUT2D eigenvalue weighted by Crippen LogP contribution is 2.25. The quantitative estimate of drug-likeness (QED) is 0.628. The number of rotatable bonds is 2. The van der Waals surface area contributed by atoms with E-state index in [-0.39, 0.29) is 0 Å². The highest BCUT2D eigenvalue weighted by molar-refractivity contribution is 4.84. The van der Waals surface area contributed by atoms with E-state index in [1.807, 2.05) is 7.05 Å². The van der Waals surface area contributed by atoms with Crippen LogP contribution < -0.4 is 11.1 Å². The van der Waals surface area contributed by atoms with Crippen molar-refractivity contribution in [2.24, 2.45) is 11.7 Å². The molecule has 0 aromatic rings. The van der Waals surface area contributed by atoms with Gasteiger partial charge in [-0.15, -0.1) is 0 Å². The van der Waals surface area contributed by atoms with Gasteiger partial charge in [-0.2, -0.15) is 0 Å². The van der Waals surface area contributed by atoms with E-state index in [2.05, 4.69) is 12.2 Å². The van der Waals surface area contributed by atoms with Crippen molar-refractivity contribution < 1.29 is 0 Å². The van der Waals surface area contributed by atoms with Gasteiger partial charge in [-0.05, 0) is 32.2 Å². The molecular formula is C9H20N2. The Bertz CT molecular complexity index is 114. The molecule has 1 saturated carbocycles. The molecule has 2 nitrogen and oxygen atoms in total. The van der Waals surface area contributed by atoms with Gasteiger partial charge in [0.05, 0.1) is 0 Å². The van der Waals surface area contributed by atoms with Crippen LogP contribution in [-0.2, 0) is 0 Å². The summed E-state index contributed by atoms with van der Waals surface area (Å²) in [6.07, 6.45) is 4.98. The second kappa shape index (κ2) is 4.07. The van der Waals surface area contributed by atoms with Crippen molar-refractivity contribution in [1.29, 1.82) is 0 Å². The highest BCUT2D eigenvalue weighted by atomic mass is 14.9. The van der Waals surface area contributed by atoms with Crippen LogP contribution in [0.25, 0.3) is 0 Å². The van der Waals surface area contributed by atoms with Gasteiger partial charge in [-0.25, -0.2) is 0 Å². The van der Waals surface area contributed by atoms with Crippen LogP contribution in [0.2, 0.25) is 0 Å². The van der Waals surface area contributed by atoms with Crippen LogP contribution in [-0.4, -0.2) is 19.1 Å². The number of nitrogens with one attached hydrogen (secondary N) is 1. The fourth-order valence-corrected chi connectivity index (χ4v) is 2.11. The normalized spacial score (nSPS) is 39.0. The summed E-state index contributed by atoms with van der Waals surface area (Å²) in [5.41, 5.74) is 5.88. The first-order chi connectivity index (χ1) is 5.27. The number of nitrogens with two attached hydrogens (primary N) is 1. The predicted molar refractivity (Wildman–Crippen MR) is 48.5 cm³/mol. The van der Waals surface area contributed by atoms with E-state index in [0.717, 1.165) is 12.3 Å². The lowest BCUT2D eigenvalue weighted by molar-refractivity contribution is 0.245. The molecule has 0 bridgehead atoms. The van der Waals surface area contributed by atoms with Gasteiger partial charge in [-0.1, -0.05) is 13.3 Å². The zero-order chi connectivity index (χ0) is 8.27. The molecule has 66 valence electrons. The molecule has 1 aliphatic rings. The van der Waals surface area contributed by atoms with E-state index in [0.29, 0.717) is 12.1 Å². The first-order valence-electron chi connectivity index (χ1n) is 4.70. The van der Waals surface area contributed by atoms with Gasteiger partial charge in [0, 0.05) is 12.1 Å². The minimum Gasteiger partial charge on any atom is -0.328 e. The van der Waals surface area contributed by atoms with Crippen LogP contribution in [0, 0.1) is 5.92 Å². The van der Waals surface area contributed by atoms with Crippen molar-refractivity contribution in [3.63, 3.8) is 0 Å². The first kappa shape index (κ1) is 9.01. The zero-order valence-corrected chi connectivity index (χ0v) is 7.64. The molecule has 3 atom stereocenters. The maximum atomic E-state index is 5.88. The third kappa shape index (κ3) is 2.17. The lowest BCUT2D eigenvalue weighted by Gasteiger charge is -2.33. The molecule has 2 heteroatoms. The standard InChI is InChI=1S/C9H20N2/c1-3-7-4-5-8(10)6-9(7)11-2/h7-9,11H,3-6,10H2,1-2H3. The molecule has 0 amide bonds. The molecule has 0 saturated heterocycles. The van der Waals surface area contributed by atoms with Gasteiger partial charge in [0.25, 0.3) is 0 Å². The molecule has 3 N–H and O–H groups in total. The molecule has 0 aromatic carbocycles. The van der Waals surface area contributed by atoms with Gasteiger partial charge in [0.15, 0.2) is 0 Å². The summed E-state index contributed by atoms with van der Waals surface area (Å²) in [6, 6.07) is 1.11. The van der Waals surface area contributed by atoms with Gasteiger partial charge in [0.2, 0.25) is 0 Å². The van der Waals surface area contributed by atoms with Crippen LogP contribution in [0.3, 0.4) is 0 Å². The Morgan fingerprint density at radius 1 is 1.45 bits per heavy atom. The topological polar surface area (TPSA) is 38.0 Å². The minimum absolute atomic E-state index is 0.440. The van der Waals surface area contributed by atoms with Crippen LogP contribution in [0.5, 0.6) is 0 Å². The van der Waals surface area contributed by atoms with Crippen LogP contribution in [0.4, 0.5) is 0 Å². The average Bonchev–Trinajstić information content (AvgIpc) is 2.04. The smallest absolute Gasteiger partial charge is 0.0107 e. The lowest BCUT2D eigenvalue weighted by atomic mass is 9.81. The van der Waals surface area contributed by atoms with Crippen molar-refractivity contribution >= 4 is 0 Å². The molecule has 0 aromatic heterocycles. The SMILES string of the molecule is CCC1CCC(N)CC1NC. The number of hydrogen-bond donors (Lipinski definition) is 2. The summed E-state index contributed by atoms with van der Waals surface area (Å²) in [5.74, 6) is 0.861. The molecule has 3 unspecified atom stereocenters. The molecule has 0 heterocycles. The maximum Gasteiger partial charge on any atom is 0.0107 e. The molecule has 0 radical (unpaired) electrons. The molecule has 11 heavy (non-hydrogen) atoms. The first-order valence-corrected chi connectivity index (χ1v) is 4.70. The van der Waals surface area contributed by atoms with E-state index in [4.69, 9.17) is 5.73 Å². The minimum atomic E-state index is 0.440. The summed E-state index contributed by atoms with van der Waals surface area (Å²) in [5, 5.41) is 3.36. The molecule has 1 rings (SSSR count). The molecule has 0 aliphatic heterocycles. The summed E-state index contributed by atoms with van der Waals surface area (Å²) >= 11 is 0. The highest BCUT2D eigenvalue weighted by Gasteiger charge is 2.25. The Hall–Kier alpha value is -0.0800. The zero-order valence-electron chi connectivity index (χ0n) is 7.64. The van der Waals surface area contributed by atoms with Crippen molar-refractivity contribution in [2.45, 2.75) is 44.7 Å². The van der Waals surface area contributed by atoms with Gasteiger partial charge in [0.1, 0.15) is 0 Å². The van der Waals surface area contributed by atoms with Crippen molar-refractivity contribution in [2.75, 3.05) is 7.05 Å². The summed E-state index contributed by atoms with van der Waals surface area (Å²) in [6.45, 7) is 2.27. The van der Waals surface area contributed by atoms with Crippen molar-refractivity contribution in [3.05, 3.63) is 0 Å². The lowest BCUT2D eigenvalue weighted by Crippen LogP contribution is -2.43. The molecule has 0 spiro atoms. The second-order valence-electron chi connectivity index (χ2n) is 3.64. The van der Waals surface area contributed by atoms with Crippen LogP contribution >= 0.6 is 0 Å². The van der Waals surface area contributed by atoms with Crippen molar-refractivity contribution in [3.8, 4) is 0 Å². The van der Waals surface area contributed by atoms with E-state index < -0.39 is 0 Å². The second-order valence-corrected chi connectivity index (χ2v) is 3.64. The fraction of sp³-hybridized carbons (Fsp3) is 1.00. The van der Waals surface area contributed by atoms with Gasteiger partial charge < -0.3 is 11.1 Å². The third-order valence-corrected chi connectivity index (χ3v) is 2.93. The third-order valence-electron chi connectivity index (χ3n) is 2.93. The Balaban J connectivity index is 2.41. The van der Waals surface area contributed by atoms with Crippen LogP contribution in [0.15, 0.2) is 0 Å². The van der Waals surface area contributed by atoms with Crippen LogP contribution in [0.1, 0.15) is 32.6 Å². The van der Waals surface area contributed by atoms with E-state index in [9.17, 15) is 0 Å². The summed E-state index contributed by atoms with van der Waals surface area (Å²) in [7, 11) is 2.05. The fourth-order valence-electron chi connectivity index (χ4n) is 2.11. The monoisotopic (exact) mass is 156 g/mol. The van der Waals surface area contributed by atoms with Crippen molar-refractivity contribution in [1.82, 2.24) is 5.32 Å². The Morgan fingerprint density at radius 2 is 2.18 bits per heavy atom. The van der Waals surface area contributed by atoms with Gasteiger partial charge in [-0.3, -0.25) is 0 Å².